The zero-order chi connectivity index (χ0) is 24.8. The number of aliphatic hydroxyl groups is 1. The average molecular weight is 483 g/mol. The van der Waals surface area contributed by atoms with Crippen LogP contribution in [-0.4, -0.2) is 75.8 Å². The lowest BCUT2D eigenvalue weighted by Crippen LogP contribution is -2.48. The second-order valence-corrected chi connectivity index (χ2v) is 10.8. The summed E-state index contributed by atoms with van der Waals surface area (Å²) >= 11 is 0. The summed E-state index contributed by atoms with van der Waals surface area (Å²) < 4.78 is 11.4. The second kappa shape index (κ2) is 8.93. The first-order valence-corrected chi connectivity index (χ1v) is 12.5. The Morgan fingerprint density at radius 1 is 1.17 bits per heavy atom. The number of carbonyl (C=O) groups excluding carboxylic acids is 2. The minimum absolute atomic E-state index is 0.0293. The first-order valence-electron chi connectivity index (χ1n) is 12.5. The summed E-state index contributed by atoms with van der Waals surface area (Å²) in [5, 5.41) is 18.5. The van der Waals surface area contributed by atoms with E-state index in [4.69, 9.17) is 9.15 Å². The molecule has 0 spiro atoms. The number of ether oxygens (including phenoxy) is 1. The van der Waals surface area contributed by atoms with Crippen molar-refractivity contribution in [1.82, 2.24) is 20.0 Å². The van der Waals surface area contributed by atoms with Crippen LogP contribution in [0.2, 0.25) is 0 Å². The molecule has 5 rings (SSSR count). The summed E-state index contributed by atoms with van der Waals surface area (Å²) in [6.07, 6.45) is 3.25. The number of aromatic nitrogens is 2. The normalized spacial score (nSPS) is 24.7. The minimum atomic E-state index is -1.01. The van der Waals surface area contributed by atoms with Crippen LogP contribution in [-0.2, 0) is 9.59 Å². The number of carbonyl (C=O) groups is 2. The monoisotopic (exact) mass is 482 g/mol. The fourth-order valence-electron chi connectivity index (χ4n) is 5.67. The van der Waals surface area contributed by atoms with E-state index in [-0.39, 0.29) is 35.5 Å². The standard InChI is InChI=1S/C26H34N4O5/c1-25(2,33)15-21(31)30-13-10-26(14-18(26)16-30)24(32)29-11-8-17(9-12-29)22-27-28-23(35-22)19-6-4-5-7-20(19)34-3/h4-7,17-18,33H,8-16H2,1-3H3. The van der Waals surface area contributed by atoms with Crippen molar-refractivity contribution in [2.24, 2.45) is 11.3 Å². The van der Waals surface area contributed by atoms with E-state index in [0.29, 0.717) is 50.1 Å². The Morgan fingerprint density at radius 3 is 2.60 bits per heavy atom. The summed E-state index contributed by atoms with van der Waals surface area (Å²) in [6, 6.07) is 7.56. The summed E-state index contributed by atoms with van der Waals surface area (Å²) in [6.45, 7) is 5.84. The van der Waals surface area contributed by atoms with Crippen molar-refractivity contribution in [2.75, 3.05) is 33.3 Å². The number of hydrogen-bond acceptors (Lipinski definition) is 7. The Hall–Kier alpha value is -2.94. The smallest absolute Gasteiger partial charge is 0.251 e. The molecule has 2 saturated heterocycles. The predicted molar refractivity (Wildman–Crippen MR) is 127 cm³/mol. The van der Waals surface area contributed by atoms with E-state index in [0.717, 1.165) is 24.8 Å². The van der Waals surface area contributed by atoms with Gasteiger partial charge in [0, 0.05) is 32.1 Å². The zero-order valence-electron chi connectivity index (χ0n) is 20.7. The number of rotatable bonds is 6. The maximum atomic E-state index is 13.4. The molecule has 2 aliphatic heterocycles. The molecule has 1 aliphatic carbocycles. The van der Waals surface area contributed by atoms with Gasteiger partial charge >= 0.3 is 0 Å². The molecule has 1 saturated carbocycles. The Labute approximate surface area is 205 Å². The van der Waals surface area contributed by atoms with Gasteiger partial charge in [-0.1, -0.05) is 12.1 Å². The van der Waals surface area contributed by atoms with E-state index < -0.39 is 5.60 Å². The fraction of sp³-hybridized carbons (Fsp3) is 0.615. The van der Waals surface area contributed by atoms with Crippen molar-refractivity contribution >= 4 is 11.8 Å². The van der Waals surface area contributed by atoms with E-state index in [1.807, 2.05) is 34.1 Å². The number of amides is 2. The lowest BCUT2D eigenvalue weighted by Gasteiger charge is -2.37. The number of benzene rings is 1. The van der Waals surface area contributed by atoms with Crippen molar-refractivity contribution in [1.29, 1.82) is 0 Å². The van der Waals surface area contributed by atoms with Gasteiger partial charge in [0.05, 0.1) is 30.1 Å². The molecular formula is C26H34N4O5. The molecule has 1 N–H and O–H groups in total. The molecule has 0 bridgehead atoms. The SMILES string of the molecule is COc1ccccc1-c1nnc(C2CCN(C(=O)C34CCN(C(=O)CC(C)(C)O)CC3C4)CC2)o1. The molecule has 3 fully saturated rings. The highest BCUT2D eigenvalue weighted by atomic mass is 16.5. The van der Waals surface area contributed by atoms with Crippen LogP contribution in [0.4, 0.5) is 0 Å². The van der Waals surface area contributed by atoms with Crippen LogP contribution in [0.1, 0.15) is 57.8 Å². The molecule has 2 unspecified atom stereocenters. The van der Waals surface area contributed by atoms with Crippen LogP contribution in [0.3, 0.4) is 0 Å². The molecule has 1 aromatic carbocycles. The molecule has 35 heavy (non-hydrogen) atoms. The molecule has 3 heterocycles. The Bertz CT molecular complexity index is 1100. The van der Waals surface area contributed by atoms with Crippen molar-refractivity contribution in [3.8, 4) is 17.2 Å². The third-order valence-electron chi connectivity index (χ3n) is 7.77. The van der Waals surface area contributed by atoms with Gasteiger partial charge in [-0.05, 0) is 57.6 Å². The Morgan fingerprint density at radius 2 is 1.91 bits per heavy atom. The first-order chi connectivity index (χ1) is 16.7. The van der Waals surface area contributed by atoms with Crippen LogP contribution in [0, 0.1) is 11.3 Å². The fourth-order valence-corrected chi connectivity index (χ4v) is 5.67. The highest BCUT2D eigenvalue weighted by Crippen LogP contribution is 2.59. The summed E-state index contributed by atoms with van der Waals surface area (Å²) in [7, 11) is 1.62. The largest absolute Gasteiger partial charge is 0.496 e. The summed E-state index contributed by atoms with van der Waals surface area (Å²) in [5.41, 5.74) is -0.547. The van der Waals surface area contributed by atoms with Crippen molar-refractivity contribution < 1.29 is 23.8 Å². The van der Waals surface area contributed by atoms with E-state index >= 15 is 0 Å². The number of methoxy groups -OCH3 is 1. The van der Waals surface area contributed by atoms with E-state index in [1.54, 1.807) is 21.0 Å². The van der Waals surface area contributed by atoms with Gasteiger partial charge in [0.15, 0.2) is 0 Å². The van der Waals surface area contributed by atoms with Crippen molar-refractivity contribution in [3.05, 3.63) is 30.2 Å². The third kappa shape index (κ3) is 4.66. The molecular weight excluding hydrogens is 448 g/mol. The molecule has 1 aromatic heterocycles. The zero-order valence-corrected chi connectivity index (χ0v) is 20.7. The topological polar surface area (TPSA) is 109 Å². The second-order valence-electron chi connectivity index (χ2n) is 10.8. The molecule has 3 aliphatic rings. The molecule has 9 nitrogen and oxygen atoms in total. The lowest BCUT2D eigenvalue weighted by atomic mass is 9.90. The average Bonchev–Trinajstić information content (AvgIpc) is 3.39. The van der Waals surface area contributed by atoms with Crippen LogP contribution < -0.4 is 4.74 Å². The lowest BCUT2D eigenvalue weighted by molar-refractivity contribution is -0.144. The van der Waals surface area contributed by atoms with Crippen LogP contribution >= 0.6 is 0 Å². The van der Waals surface area contributed by atoms with Crippen molar-refractivity contribution in [2.45, 2.75) is 57.5 Å². The van der Waals surface area contributed by atoms with Gasteiger partial charge in [-0.15, -0.1) is 10.2 Å². The van der Waals surface area contributed by atoms with E-state index in [1.165, 1.54) is 0 Å². The van der Waals surface area contributed by atoms with Gasteiger partial charge < -0.3 is 24.1 Å². The minimum Gasteiger partial charge on any atom is -0.496 e. The van der Waals surface area contributed by atoms with Gasteiger partial charge in [-0.25, -0.2) is 0 Å². The van der Waals surface area contributed by atoms with Crippen LogP contribution in [0.25, 0.3) is 11.5 Å². The number of likely N-dealkylation sites (tertiary alicyclic amines) is 2. The Balaban J connectivity index is 1.16. The van der Waals surface area contributed by atoms with Crippen LogP contribution in [0.5, 0.6) is 5.75 Å². The van der Waals surface area contributed by atoms with Gasteiger partial charge in [-0.2, -0.15) is 0 Å². The quantitative estimate of drug-likeness (QED) is 0.674. The molecule has 2 aromatic rings. The maximum Gasteiger partial charge on any atom is 0.251 e. The molecule has 9 heteroatoms. The molecule has 2 amide bonds. The number of fused-ring (bicyclic) bond motifs is 1. The third-order valence-corrected chi connectivity index (χ3v) is 7.77. The maximum absolute atomic E-state index is 13.4. The van der Waals surface area contributed by atoms with Gasteiger partial charge in [0.1, 0.15) is 5.75 Å². The van der Waals surface area contributed by atoms with E-state index in [2.05, 4.69) is 10.2 Å². The predicted octanol–water partition coefficient (Wildman–Crippen LogP) is 2.85. The van der Waals surface area contributed by atoms with E-state index in [9.17, 15) is 14.7 Å². The van der Waals surface area contributed by atoms with Crippen molar-refractivity contribution in [3.63, 3.8) is 0 Å². The van der Waals surface area contributed by atoms with Gasteiger partial charge in [-0.3, -0.25) is 9.59 Å². The highest BCUT2D eigenvalue weighted by Gasteiger charge is 2.63. The summed E-state index contributed by atoms with van der Waals surface area (Å²) in [5.74, 6) is 2.30. The number of para-hydroxylation sites is 1. The highest BCUT2D eigenvalue weighted by molar-refractivity contribution is 5.87. The van der Waals surface area contributed by atoms with Gasteiger partial charge in [0.2, 0.25) is 17.7 Å². The molecule has 188 valence electrons. The number of piperidine rings is 2. The summed E-state index contributed by atoms with van der Waals surface area (Å²) in [4.78, 5) is 29.7. The number of hydrogen-bond donors (Lipinski definition) is 1. The first kappa shape index (κ1) is 23.8. The van der Waals surface area contributed by atoms with Gasteiger partial charge in [0.25, 0.3) is 5.89 Å². The Kier molecular flexibility index (Phi) is 6.07. The van der Waals surface area contributed by atoms with Crippen LogP contribution in [0.15, 0.2) is 28.7 Å². The molecule has 2 atom stereocenters. The molecule has 0 radical (unpaired) electrons. The number of nitrogens with zero attached hydrogens (tertiary/aromatic N) is 4.